The van der Waals surface area contributed by atoms with Crippen LogP contribution in [0, 0.1) is 5.92 Å². The van der Waals surface area contributed by atoms with E-state index in [9.17, 15) is 9.59 Å². The summed E-state index contributed by atoms with van der Waals surface area (Å²) < 4.78 is 9.34. The minimum absolute atomic E-state index is 0.130. The van der Waals surface area contributed by atoms with Gasteiger partial charge in [0.1, 0.15) is 5.75 Å². The Kier molecular flexibility index (Phi) is 5.13. The molecule has 1 heterocycles. The lowest BCUT2D eigenvalue weighted by Gasteiger charge is -2.11. The Hall–Kier alpha value is -2.68. The molecule has 25 heavy (non-hydrogen) atoms. The van der Waals surface area contributed by atoms with Gasteiger partial charge < -0.3 is 15.2 Å². The second-order valence-electron chi connectivity index (χ2n) is 5.80. The molecule has 3 rings (SSSR count). The summed E-state index contributed by atoms with van der Waals surface area (Å²) in [4.78, 5) is 27.3. The summed E-state index contributed by atoms with van der Waals surface area (Å²) in [5.74, 6) is 0.0779. The van der Waals surface area contributed by atoms with Gasteiger partial charge in [0.2, 0.25) is 5.13 Å². The van der Waals surface area contributed by atoms with Crippen molar-refractivity contribution in [2.75, 3.05) is 12.4 Å². The molecule has 0 spiro atoms. The molecule has 2 aromatic rings. The Morgan fingerprint density at radius 3 is 2.68 bits per heavy atom. The molecular formula is C16H18N4O4S. The molecular weight excluding hydrogens is 344 g/mol. The van der Waals surface area contributed by atoms with Crippen molar-refractivity contribution in [3.05, 3.63) is 24.3 Å². The minimum Gasteiger partial charge on any atom is -0.497 e. The number of ether oxygens (including phenoxy) is 1. The standard InChI is InChI=1S/C16H18N4O4S/c1-24-12-6-3-9(4-7-12)13-18-16(25-20-13)19-15(23)17-11-5-2-10(8-11)14(21)22/h3-4,6-7,10-11H,2,5,8H2,1H3,(H,21,22)(H2,17,18,19,20,23)/t10-,11+/m0/s1. The number of anilines is 1. The number of urea groups is 1. The van der Waals surface area contributed by atoms with E-state index in [2.05, 4.69) is 20.0 Å². The molecule has 0 radical (unpaired) electrons. The summed E-state index contributed by atoms with van der Waals surface area (Å²) in [5.41, 5.74) is 0.825. The van der Waals surface area contributed by atoms with Crippen LogP contribution in [0.2, 0.25) is 0 Å². The molecule has 1 aliphatic carbocycles. The first kappa shape index (κ1) is 17.2. The minimum atomic E-state index is -0.807. The maximum atomic E-state index is 12.0. The van der Waals surface area contributed by atoms with E-state index >= 15 is 0 Å². The van der Waals surface area contributed by atoms with Crippen LogP contribution < -0.4 is 15.4 Å². The number of rotatable bonds is 5. The van der Waals surface area contributed by atoms with Crippen molar-refractivity contribution in [3.63, 3.8) is 0 Å². The summed E-state index contributed by atoms with van der Waals surface area (Å²) >= 11 is 1.09. The number of aliphatic carboxylic acids is 1. The van der Waals surface area contributed by atoms with Gasteiger partial charge in [-0.25, -0.2) is 4.79 Å². The van der Waals surface area contributed by atoms with Crippen LogP contribution in [0.5, 0.6) is 5.75 Å². The van der Waals surface area contributed by atoms with Crippen molar-refractivity contribution in [1.29, 1.82) is 0 Å². The average Bonchev–Trinajstić information content (AvgIpc) is 3.24. The SMILES string of the molecule is COc1ccc(-c2nsc(NC(=O)N[C@@H]3CC[C@H](C(=O)O)C3)n2)cc1. The molecule has 1 fully saturated rings. The highest BCUT2D eigenvalue weighted by atomic mass is 32.1. The van der Waals surface area contributed by atoms with Crippen LogP contribution in [0.4, 0.5) is 9.93 Å². The van der Waals surface area contributed by atoms with Gasteiger partial charge in [-0.15, -0.1) is 0 Å². The third kappa shape index (κ3) is 4.24. The molecule has 132 valence electrons. The van der Waals surface area contributed by atoms with Crippen LogP contribution in [0.3, 0.4) is 0 Å². The third-order valence-corrected chi connectivity index (χ3v) is 4.74. The number of carboxylic acids is 1. The third-order valence-electron chi connectivity index (χ3n) is 4.11. The van der Waals surface area contributed by atoms with Crippen molar-refractivity contribution < 1.29 is 19.4 Å². The van der Waals surface area contributed by atoms with E-state index in [0.29, 0.717) is 30.2 Å². The van der Waals surface area contributed by atoms with Crippen molar-refractivity contribution >= 4 is 28.7 Å². The van der Waals surface area contributed by atoms with Gasteiger partial charge in [-0.05, 0) is 43.5 Å². The van der Waals surface area contributed by atoms with Gasteiger partial charge in [0.25, 0.3) is 0 Å². The lowest BCUT2D eigenvalue weighted by atomic mass is 10.1. The summed E-state index contributed by atoms with van der Waals surface area (Å²) in [6.45, 7) is 0. The molecule has 0 aliphatic heterocycles. The van der Waals surface area contributed by atoms with Crippen LogP contribution in [0.1, 0.15) is 19.3 Å². The molecule has 2 atom stereocenters. The maximum absolute atomic E-state index is 12.0. The van der Waals surface area contributed by atoms with Crippen LogP contribution in [-0.2, 0) is 4.79 Å². The highest BCUT2D eigenvalue weighted by Crippen LogP contribution is 2.26. The van der Waals surface area contributed by atoms with Gasteiger partial charge in [0, 0.05) is 23.1 Å². The zero-order valence-corrected chi connectivity index (χ0v) is 14.4. The number of carboxylic acid groups (broad SMARTS) is 1. The normalized spacial score (nSPS) is 19.4. The molecule has 0 bridgehead atoms. The summed E-state index contributed by atoms with van der Waals surface area (Å²) in [5, 5.41) is 14.8. The van der Waals surface area contributed by atoms with Crippen LogP contribution >= 0.6 is 11.5 Å². The second kappa shape index (κ2) is 7.47. The number of aromatic nitrogens is 2. The fraction of sp³-hybridized carbons (Fsp3) is 0.375. The van der Waals surface area contributed by atoms with Gasteiger partial charge in [0.15, 0.2) is 5.82 Å². The second-order valence-corrected chi connectivity index (χ2v) is 6.55. The number of benzene rings is 1. The Labute approximate surface area is 148 Å². The first-order valence-electron chi connectivity index (χ1n) is 7.83. The highest BCUT2D eigenvalue weighted by molar-refractivity contribution is 7.10. The molecule has 0 unspecified atom stereocenters. The maximum Gasteiger partial charge on any atom is 0.321 e. The summed E-state index contributed by atoms with van der Waals surface area (Å²) in [6, 6.07) is 6.79. The number of hydrogen-bond donors (Lipinski definition) is 3. The van der Waals surface area contributed by atoms with Crippen LogP contribution in [0.15, 0.2) is 24.3 Å². The Morgan fingerprint density at radius 1 is 1.28 bits per heavy atom. The van der Waals surface area contributed by atoms with E-state index in [4.69, 9.17) is 9.84 Å². The quantitative estimate of drug-likeness (QED) is 0.753. The first-order chi connectivity index (χ1) is 12.0. The van der Waals surface area contributed by atoms with Gasteiger partial charge in [-0.2, -0.15) is 9.36 Å². The predicted octanol–water partition coefficient (Wildman–Crippen LogP) is 2.59. The van der Waals surface area contributed by atoms with E-state index in [1.54, 1.807) is 7.11 Å². The zero-order valence-electron chi connectivity index (χ0n) is 13.6. The number of nitrogens with one attached hydrogen (secondary N) is 2. The Bertz CT molecular complexity index is 762. The predicted molar refractivity (Wildman–Crippen MR) is 92.8 cm³/mol. The van der Waals surface area contributed by atoms with Gasteiger partial charge in [0.05, 0.1) is 13.0 Å². The van der Waals surface area contributed by atoms with Crippen molar-refractivity contribution in [1.82, 2.24) is 14.7 Å². The van der Waals surface area contributed by atoms with Gasteiger partial charge in [-0.1, -0.05) is 0 Å². The average molecular weight is 362 g/mol. The first-order valence-corrected chi connectivity index (χ1v) is 8.61. The van der Waals surface area contributed by atoms with Gasteiger partial charge >= 0.3 is 12.0 Å². The number of hydrogen-bond acceptors (Lipinski definition) is 6. The number of carbonyl (C=O) groups is 2. The monoisotopic (exact) mass is 362 g/mol. The number of amides is 2. The molecule has 2 amide bonds. The van der Waals surface area contributed by atoms with Crippen molar-refractivity contribution in [2.24, 2.45) is 5.92 Å². The number of methoxy groups -OCH3 is 1. The van der Waals surface area contributed by atoms with Crippen molar-refractivity contribution in [2.45, 2.75) is 25.3 Å². The molecule has 1 aromatic carbocycles. The fourth-order valence-electron chi connectivity index (χ4n) is 2.79. The summed E-state index contributed by atoms with van der Waals surface area (Å²) in [7, 11) is 1.60. The lowest BCUT2D eigenvalue weighted by molar-refractivity contribution is -0.141. The zero-order chi connectivity index (χ0) is 17.8. The molecule has 1 saturated carbocycles. The fourth-order valence-corrected chi connectivity index (χ4v) is 3.37. The molecule has 8 nitrogen and oxygen atoms in total. The Balaban J connectivity index is 1.55. The van der Waals surface area contributed by atoms with Crippen molar-refractivity contribution in [3.8, 4) is 17.1 Å². The van der Waals surface area contributed by atoms with E-state index in [0.717, 1.165) is 22.8 Å². The highest BCUT2D eigenvalue weighted by Gasteiger charge is 2.30. The molecule has 1 aromatic heterocycles. The van der Waals surface area contributed by atoms with Crippen LogP contribution in [-0.4, -0.2) is 39.6 Å². The largest absolute Gasteiger partial charge is 0.497 e. The van der Waals surface area contributed by atoms with E-state index in [1.807, 2.05) is 24.3 Å². The Morgan fingerprint density at radius 2 is 2.04 bits per heavy atom. The number of carbonyl (C=O) groups excluding carboxylic acids is 1. The molecule has 0 saturated heterocycles. The number of nitrogens with zero attached hydrogens (tertiary/aromatic N) is 2. The topological polar surface area (TPSA) is 113 Å². The summed E-state index contributed by atoms with van der Waals surface area (Å²) in [6.07, 6.45) is 1.70. The smallest absolute Gasteiger partial charge is 0.321 e. The van der Waals surface area contributed by atoms with E-state index in [1.165, 1.54) is 0 Å². The van der Waals surface area contributed by atoms with E-state index in [-0.39, 0.29) is 12.0 Å². The van der Waals surface area contributed by atoms with E-state index < -0.39 is 12.0 Å². The lowest BCUT2D eigenvalue weighted by Crippen LogP contribution is -2.36. The molecule has 3 N–H and O–H groups in total. The molecule has 1 aliphatic rings. The van der Waals surface area contributed by atoms with Gasteiger partial charge in [-0.3, -0.25) is 10.1 Å². The molecule has 9 heteroatoms. The van der Waals surface area contributed by atoms with Crippen LogP contribution in [0.25, 0.3) is 11.4 Å².